The molecule has 0 radical (unpaired) electrons. The summed E-state index contributed by atoms with van der Waals surface area (Å²) in [6.07, 6.45) is -0.809. The van der Waals surface area contributed by atoms with Gasteiger partial charge in [-0.3, -0.25) is 10.3 Å². The van der Waals surface area contributed by atoms with Gasteiger partial charge in [-0.15, -0.1) is 0 Å². The maximum absolute atomic E-state index is 12.2. The Bertz CT molecular complexity index is 1020. The van der Waals surface area contributed by atoms with Gasteiger partial charge in [-0.25, -0.2) is 4.79 Å². The van der Waals surface area contributed by atoms with Gasteiger partial charge in [0.05, 0.1) is 6.54 Å². The number of nitrogens with zero attached hydrogens (tertiary/aromatic N) is 1. The number of amides is 1. The average Bonchev–Trinajstić information content (AvgIpc) is 3.14. The summed E-state index contributed by atoms with van der Waals surface area (Å²) in [5, 5.41) is 7.55. The minimum atomic E-state index is -0.432. The van der Waals surface area contributed by atoms with Gasteiger partial charge in [-0.2, -0.15) is 0 Å². The monoisotopic (exact) mass is 387 g/mol. The number of ether oxygens (including phenoxy) is 2. The van der Waals surface area contributed by atoms with Crippen LogP contribution in [0, 0.1) is 5.41 Å². The minimum Gasteiger partial charge on any atom is -0.490 e. The van der Waals surface area contributed by atoms with Crippen LogP contribution in [0.5, 0.6) is 5.75 Å². The Morgan fingerprint density at radius 3 is 2.48 bits per heavy atom. The molecule has 1 atom stereocenters. The van der Waals surface area contributed by atoms with Crippen LogP contribution < -0.4 is 15.4 Å². The number of cyclic esters (lactones) is 1. The number of nitrogen functional groups attached to an aromatic ring is 1. The molecular formula is C23H21N3O3. The molecule has 1 amide bonds. The fourth-order valence-electron chi connectivity index (χ4n) is 3.22. The molecule has 0 saturated carbocycles. The number of anilines is 1. The average molecular weight is 387 g/mol. The van der Waals surface area contributed by atoms with Crippen molar-refractivity contribution in [2.75, 3.05) is 18.1 Å². The van der Waals surface area contributed by atoms with Crippen molar-refractivity contribution in [3.8, 4) is 16.9 Å². The first kappa shape index (κ1) is 18.6. The summed E-state index contributed by atoms with van der Waals surface area (Å²) in [5.41, 5.74) is 9.00. The summed E-state index contributed by atoms with van der Waals surface area (Å²) < 4.78 is 11.2. The predicted molar refractivity (Wildman–Crippen MR) is 112 cm³/mol. The number of carbonyl (C=O) groups is 1. The molecule has 0 aromatic heterocycles. The Kier molecular flexibility index (Phi) is 5.16. The zero-order chi connectivity index (χ0) is 20.2. The number of carbonyl (C=O) groups excluding carboxylic acids is 1. The molecule has 29 heavy (non-hydrogen) atoms. The van der Waals surface area contributed by atoms with Crippen LogP contribution in [-0.2, 0) is 4.74 Å². The summed E-state index contributed by atoms with van der Waals surface area (Å²) in [7, 11) is 0. The number of rotatable bonds is 6. The number of hydrogen-bond acceptors (Lipinski definition) is 4. The van der Waals surface area contributed by atoms with Gasteiger partial charge in [0.25, 0.3) is 0 Å². The maximum atomic E-state index is 12.2. The number of hydrogen-bond donors (Lipinski definition) is 2. The Morgan fingerprint density at radius 1 is 1.03 bits per heavy atom. The van der Waals surface area contributed by atoms with Crippen LogP contribution in [0.2, 0.25) is 0 Å². The molecule has 1 fully saturated rings. The van der Waals surface area contributed by atoms with Gasteiger partial charge in [-0.1, -0.05) is 54.6 Å². The molecule has 1 heterocycles. The zero-order valence-electron chi connectivity index (χ0n) is 15.7. The molecule has 6 nitrogen and oxygen atoms in total. The first-order valence-corrected chi connectivity index (χ1v) is 9.31. The van der Waals surface area contributed by atoms with Gasteiger partial charge in [-0.05, 0) is 35.4 Å². The molecule has 6 heteroatoms. The molecule has 4 rings (SSSR count). The lowest BCUT2D eigenvalue weighted by Crippen LogP contribution is -2.27. The summed E-state index contributed by atoms with van der Waals surface area (Å²) in [5.74, 6) is 0.677. The molecule has 3 N–H and O–H groups in total. The minimum absolute atomic E-state index is 0.0433. The summed E-state index contributed by atoms with van der Waals surface area (Å²) >= 11 is 0. The highest BCUT2D eigenvalue weighted by Crippen LogP contribution is 2.25. The third kappa shape index (κ3) is 4.21. The van der Waals surface area contributed by atoms with E-state index < -0.39 is 6.09 Å². The lowest BCUT2D eigenvalue weighted by molar-refractivity contribution is 0.105. The lowest BCUT2D eigenvalue weighted by Gasteiger charge is -2.14. The van der Waals surface area contributed by atoms with Crippen LogP contribution in [0.3, 0.4) is 0 Å². The summed E-state index contributed by atoms with van der Waals surface area (Å²) in [6, 6.07) is 24.9. The molecule has 0 bridgehead atoms. The topological polar surface area (TPSA) is 88.6 Å². The van der Waals surface area contributed by atoms with Crippen LogP contribution in [0.4, 0.5) is 10.5 Å². The molecule has 146 valence electrons. The highest BCUT2D eigenvalue weighted by molar-refractivity contribution is 5.97. The van der Waals surface area contributed by atoms with Gasteiger partial charge < -0.3 is 15.2 Å². The van der Waals surface area contributed by atoms with E-state index in [-0.39, 0.29) is 18.5 Å². The Morgan fingerprint density at radius 2 is 1.76 bits per heavy atom. The molecular weight excluding hydrogens is 366 g/mol. The van der Waals surface area contributed by atoms with Gasteiger partial charge in [0.2, 0.25) is 0 Å². The van der Waals surface area contributed by atoms with Crippen molar-refractivity contribution in [2.45, 2.75) is 6.10 Å². The van der Waals surface area contributed by atoms with Crippen LogP contribution in [0.1, 0.15) is 5.56 Å². The van der Waals surface area contributed by atoms with Crippen LogP contribution in [0.15, 0.2) is 78.9 Å². The van der Waals surface area contributed by atoms with E-state index in [1.165, 1.54) is 4.90 Å². The number of benzene rings is 3. The quantitative estimate of drug-likeness (QED) is 0.493. The van der Waals surface area contributed by atoms with E-state index in [1.54, 1.807) is 24.3 Å². The van der Waals surface area contributed by atoms with Crippen molar-refractivity contribution in [2.24, 2.45) is 5.73 Å². The molecule has 1 unspecified atom stereocenters. The standard InChI is InChI=1S/C23H21N3O3/c24-22(25)18-7-4-8-19(13-18)26-14-21(29-23(26)27)15-28-20-11-9-17(10-12-20)16-5-2-1-3-6-16/h1-13,21H,14-15H2,(H3,24,25). The largest absolute Gasteiger partial charge is 0.490 e. The Labute approximate surface area is 169 Å². The van der Waals surface area contributed by atoms with E-state index in [9.17, 15) is 4.79 Å². The third-order valence-corrected chi connectivity index (χ3v) is 4.74. The summed E-state index contributed by atoms with van der Waals surface area (Å²) in [4.78, 5) is 13.8. The van der Waals surface area contributed by atoms with Crippen LogP contribution >= 0.6 is 0 Å². The lowest BCUT2D eigenvalue weighted by atomic mass is 10.1. The van der Waals surface area contributed by atoms with E-state index in [2.05, 4.69) is 12.1 Å². The maximum Gasteiger partial charge on any atom is 0.414 e. The Balaban J connectivity index is 1.37. The van der Waals surface area contributed by atoms with E-state index in [4.69, 9.17) is 20.6 Å². The number of amidine groups is 1. The SMILES string of the molecule is N=C(N)c1cccc(N2CC(COc3ccc(-c4ccccc4)cc3)OC2=O)c1. The van der Waals surface area contributed by atoms with E-state index in [0.717, 1.165) is 16.9 Å². The van der Waals surface area contributed by atoms with Crippen molar-refractivity contribution in [3.05, 3.63) is 84.4 Å². The number of nitrogens with one attached hydrogen (secondary N) is 1. The normalized spacial score (nSPS) is 15.8. The van der Waals surface area contributed by atoms with Crippen molar-refractivity contribution in [3.63, 3.8) is 0 Å². The van der Waals surface area contributed by atoms with E-state index in [0.29, 0.717) is 17.8 Å². The highest BCUT2D eigenvalue weighted by Gasteiger charge is 2.33. The molecule has 0 spiro atoms. The first-order chi connectivity index (χ1) is 14.1. The molecule has 3 aromatic carbocycles. The van der Waals surface area contributed by atoms with Crippen molar-refractivity contribution in [1.82, 2.24) is 0 Å². The molecule has 0 aliphatic carbocycles. The van der Waals surface area contributed by atoms with Crippen LogP contribution in [-0.4, -0.2) is 31.2 Å². The van der Waals surface area contributed by atoms with Crippen LogP contribution in [0.25, 0.3) is 11.1 Å². The van der Waals surface area contributed by atoms with Gasteiger partial charge >= 0.3 is 6.09 Å². The van der Waals surface area contributed by atoms with E-state index >= 15 is 0 Å². The second kappa shape index (κ2) is 8.06. The van der Waals surface area contributed by atoms with Gasteiger partial charge in [0.1, 0.15) is 18.2 Å². The van der Waals surface area contributed by atoms with Gasteiger partial charge in [0.15, 0.2) is 6.10 Å². The highest BCUT2D eigenvalue weighted by atomic mass is 16.6. The molecule has 1 aliphatic rings. The summed E-state index contributed by atoms with van der Waals surface area (Å²) in [6.45, 7) is 0.640. The smallest absolute Gasteiger partial charge is 0.414 e. The van der Waals surface area contributed by atoms with Crippen molar-refractivity contribution >= 4 is 17.6 Å². The fraction of sp³-hybridized carbons (Fsp3) is 0.130. The third-order valence-electron chi connectivity index (χ3n) is 4.74. The number of nitrogens with two attached hydrogens (primary N) is 1. The van der Waals surface area contributed by atoms with Gasteiger partial charge in [0, 0.05) is 11.3 Å². The Hall–Kier alpha value is -3.80. The zero-order valence-corrected chi connectivity index (χ0v) is 15.7. The second-order valence-electron chi connectivity index (χ2n) is 6.78. The predicted octanol–water partition coefficient (Wildman–Crippen LogP) is 4.04. The second-order valence-corrected chi connectivity index (χ2v) is 6.78. The first-order valence-electron chi connectivity index (χ1n) is 9.31. The van der Waals surface area contributed by atoms with Crippen molar-refractivity contribution in [1.29, 1.82) is 5.41 Å². The fourth-order valence-corrected chi connectivity index (χ4v) is 3.22. The van der Waals surface area contributed by atoms with Crippen molar-refractivity contribution < 1.29 is 14.3 Å². The molecule has 3 aromatic rings. The molecule has 1 aliphatic heterocycles. The molecule has 1 saturated heterocycles. The van der Waals surface area contributed by atoms with E-state index in [1.807, 2.05) is 42.5 Å².